The van der Waals surface area contributed by atoms with Crippen LogP contribution < -0.4 is 0 Å². The number of carbonyl (C=O) groups is 1. The molecule has 0 aliphatic carbocycles. The first-order chi connectivity index (χ1) is 12.7. The number of carbonyl (C=O) groups excluding carboxylic acids is 1. The number of aromatic nitrogens is 3. The zero-order chi connectivity index (χ0) is 17.9. The van der Waals surface area contributed by atoms with Crippen LogP contribution in [0, 0.1) is 5.82 Å². The fourth-order valence-electron chi connectivity index (χ4n) is 3.40. The van der Waals surface area contributed by atoms with Gasteiger partial charge in [0.05, 0.1) is 11.9 Å². The highest BCUT2D eigenvalue weighted by Gasteiger charge is 2.25. The molecule has 6 heteroatoms. The van der Waals surface area contributed by atoms with Crippen LogP contribution in [0.25, 0.3) is 11.3 Å². The summed E-state index contributed by atoms with van der Waals surface area (Å²) < 4.78 is 13.0. The van der Waals surface area contributed by atoms with E-state index in [1.807, 2.05) is 35.2 Å². The van der Waals surface area contributed by atoms with E-state index in [0.717, 1.165) is 37.2 Å². The molecule has 5 nitrogen and oxygen atoms in total. The molecule has 2 aromatic heterocycles. The normalized spacial score (nSPS) is 15.2. The van der Waals surface area contributed by atoms with Crippen LogP contribution in [0.5, 0.6) is 0 Å². The molecule has 1 aliphatic heterocycles. The molecule has 4 rings (SSSR count). The summed E-state index contributed by atoms with van der Waals surface area (Å²) in [5.41, 5.74) is 3.36. The van der Waals surface area contributed by atoms with E-state index in [2.05, 4.69) is 15.2 Å². The van der Waals surface area contributed by atoms with Gasteiger partial charge in [0.1, 0.15) is 5.82 Å². The van der Waals surface area contributed by atoms with Gasteiger partial charge in [-0.05, 0) is 43.2 Å². The van der Waals surface area contributed by atoms with Crippen molar-refractivity contribution < 1.29 is 9.18 Å². The first-order valence-corrected chi connectivity index (χ1v) is 8.71. The molecule has 0 unspecified atom stereocenters. The van der Waals surface area contributed by atoms with Crippen molar-refractivity contribution in [3.63, 3.8) is 0 Å². The molecule has 1 aliphatic rings. The minimum atomic E-state index is -0.362. The van der Waals surface area contributed by atoms with Crippen molar-refractivity contribution in [1.82, 2.24) is 20.1 Å². The highest BCUT2D eigenvalue weighted by atomic mass is 19.1. The second-order valence-corrected chi connectivity index (χ2v) is 6.52. The predicted molar refractivity (Wildman–Crippen MR) is 96.1 cm³/mol. The van der Waals surface area contributed by atoms with Crippen LogP contribution in [0.4, 0.5) is 4.39 Å². The van der Waals surface area contributed by atoms with E-state index in [1.165, 1.54) is 12.3 Å². The molecule has 0 atom stereocenters. The third-order valence-corrected chi connectivity index (χ3v) is 4.90. The van der Waals surface area contributed by atoms with E-state index in [-0.39, 0.29) is 11.7 Å². The number of nitrogens with zero attached hydrogens (tertiary/aromatic N) is 3. The molecule has 0 radical (unpaired) electrons. The van der Waals surface area contributed by atoms with Gasteiger partial charge in [-0.25, -0.2) is 4.39 Å². The number of piperidine rings is 1. The topological polar surface area (TPSA) is 61.9 Å². The van der Waals surface area contributed by atoms with Gasteiger partial charge in [0.2, 0.25) is 0 Å². The lowest BCUT2D eigenvalue weighted by Crippen LogP contribution is -2.38. The van der Waals surface area contributed by atoms with Gasteiger partial charge in [0.15, 0.2) is 0 Å². The maximum absolute atomic E-state index is 13.0. The summed E-state index contributed by atoms with van der Waals surface area (Å²) in [7, 11) is 0. The fraction of sp³-hybridized carbons (Fsp3) is 0.250. The fourth-order valence-corrected chi connectivity index (χ4v) is 3.40. The Labute approximate surface area is 150 Å². The second-order valence-electron chi connectivity index (χ2n) is 6.52. The zero-order valence-electron chi connectivity index (χ0n) is 14.2. The molecule has 0 spiro atoms. The van der Waals surface area contributed by atoms with E-state index in [9.17, 15) is 9.18 Å². The summed E-state index contributed by atoms with van der Waals surface area (Å²) in [5, 5.41) is 7.03. The molecule has 26 heavy (non-hydrogen) atoms. The lowest BCUT2D eigenvalue weighted by atomic mass is 9.93. The van der Waals surface area contributed by atoms with Gasteiger partial charge >= 0.3 is 0 Å². The number of hydrogen-bond acceptors (Lipinski definition) is 3. The van der Waals surface area contributed by atoms with Crippen LogP contribution in [0.3, 0.4) is 0 Å². The molecular weight excluding hydrogens is 331 g/mol. The van der Waals surface area contributed by atoms with E-state index in [4.69, 9.17) is 0 Å². The molecular formula is C20H19FN4O. The molecule has 3 aromatic rings. The number of halogens is 1. The molecule has 1 fully saturated rings. The Morgan fingerprint density at radius 1 is 1.08 bits per heavy atom. The van der Waals surface area contributed by atoms with Crippen molar-refractivity contribution in [2.45, 2.75) is 18.8 Å². The molecule has 1 aromatic carbocycles. The Morgan fingerprint density at radius 2 is 1.85 bits per heavy atom. The van der Waals surface area contributed by atoms with Crippen LogP contribution in [0.2, 0.25) is 0 Å². The minimum absolute atomic E-state index is 0.0478. The lowest BCUT2D eigenvalue weighted by Gasteiger charge is -2.31. The van der Waals surface area contributed by atoms with Crippen LogP contribution in [0.1, 0.15) is 34.8 Å². The third-order valence-electron chi connectivity index (χ3n) is 4.90. The van der Waals surface area contributed by atoms with Crippen LogP contribution in [-0.4, -0.2) is 39.1 Å². The van der Waals surface area contributed by atoms with Crippen molar-refractivity contribution >= 4 is 5.91 Å². The van der Waals surface area contributed by atoms with Gasteiger partial charge in [0, 0.05) is 42.0 Å². The number of nitrogens with one attached hydrogen (secondary N) is 1. The number of H-pyrrole nitrogens is 1. The molecule has 132 valence electrons. The highest BCUT2D eigenvalue weighted by Crippen LogP contribution is 2.27. The van der Waals surface area contributed by atoms with E-state index < -0.39 is 0 Å². The average Bonchev–Trinajstić information content (AvgIpc) is 3.23. The minimum Gasteiger partial charge on any atom is -0.339 e. The summed E-state index contributed by atoms with van der Waals surface area (Å²) in [6.45, 7) is 1.48. The van der Waals surface area contributed by atoms with Crippen molar-refractivity contribution in [2.75, 3.05) is 13.1 Å². The number of hydrogen-bond donors (Lipinski definition) is 1. The summed E-state index contributed by atoms with van der Waals surface area (Å²) in [6.07, 6.45) is 4.83. The SMILES string of the molecule is O=C(c1ccc(-c2ccc(F)cn2)cc1)N1CCC(c2ccn[nH]2)CC1. The third kappa shape index (κ3) is 3.35. The Balaban J connectivity index is 1.41. The first-order valence-electron chi connectivity index (χ1n) is 8.71. The van der Waals surface area contributed by atoms with Crippen molar-refractivity contribution in [2.24, 2.45) is 0 Å². The van der Waals surface area contributed by atoms with E-state index in [1.54, 1.807) is 12.3 Å². The molecule has 3 heterocycles. The van der Waals surface area contributed by atoms with Gasteiger partial charge < -0.3 is 4.90 Å². The van der Waals surface area contributed by atoms with Gasteiger partial charge in [-0.15, -0.1) is 0 Å². The number of amides is 1. The quantitative estimate of drug-likeness (QED) is 0.785. The number of pyridine rings is 1. The van der Waals surface area contributed by atoms with Crippen molar-refractivity contribution in [3.05, 3.63) is 71.9 Å². The van der Waals surface area contributed by atoms with Gasteiger partial charge in [0.25, 0.3) is 5.91 Å². The Bertz CT molecular complexity index is 867. The van der Waals surface area contributed by atoms with Crippen molar-refractivity contribution in [3.8, 4) is 11.3 Å². The monoisotopic (exact) mass is 350 g/mol. The van der Waals surface area contributed by atoms with Crippen molar-refractivity contribution in [1.29, 1.82) is 0 Å². The number of aromatic amines is 1. The predicted octanol–water partition coefficient (Wildman–Crippen LogP) is 3.63. The maximum Gasteiger partial charge on any atom is 0.253 e. The molecule has 0 saturated carbocycles. The van der Waals surface area contributed by atoms with E-state index >= 15 is 0 Å². The number of benzene rings is 1. The summed E-state index contributed by atoms with van der Waals surface area (Å²) in [4.78, 5) is 18.7. The largest absolute Gasteiger partial charge is 0.339 e. The van der Waals surface area contributed by atoms with Crippen LogP contribution in [0.15, 0.2) is 54.9 Å². The molecule has 1 saturated heterocycles. The smallest absolute Gasteiger partial charge is 0.253 e. The van der Waals surface area contributed by atoms with Crippen LogP contribution in [-0.2, 0) is 0 Å². The number of likely N-dealkylation sites (tertiary alicyclic amines) is 1. The van der Waals surface area contributed by atoms with Gasteiger partial charge in [-0.3, -0.25) is 14.9 Å². The summed E-state index contributed by atoms with van der Waals surface area (Å²) >= 11 is 0. The lowest BCUT2D eigenvalue weighted by molar-refractivity contribution is 0.0712. The summed E-state index contributed by atoms with van der Waals surface area (Å²) in [5.74, 6) is 0.124. The average molecular weight is 350 g/mol. The molecule has 1 amide bonds. The highest BCUT2D eigenvalue weighted by molar-refractivity contribution is 5.94. The van der Waals surface area contributed by atoms with Crippen LogP contribution >= 0.6 is 0 Å². The summed E-state index contributed by atoms with van der Waals surface area (Å²) in [6, 6.07) is 12.3. The standard InChI is InChI=1S/C20H19FN4O/c21-17-5-6-18(22-13-17)14-1-3-16(4-2-14)20(26)25-11-8-15(9-12-25)19-7-10-23-24-19/h1-7,10,13,15H,8-9,11-12H2,(H,23,24). The van der Waals surface area contributed by atoms with Gasteiger partial charge in [-0.1, -0.05) is 12.1 Å². The molecule has 0 bridgehead atoms. The van der Waals surface area contributed by atoms with E-state index in [0.29, 0.717) is 17.2 Å². The maximum atomic E-state index is 13.0. The second kappa shape index (κ2) is 7.07. The first kappa shape index (κ1) is 16.4. The van der Waals surface area contributed by atoms with Gasteiger partial charge in [-0.2, -0.15) is 5.10 Å². The zero-order valence-corrected chi connectivity index (χ0v) is 14.2. The number of rotatable bonds is 3. The molecule has 1 N–H and O–H groups in total. The Kier molecular flexibility index (Phi) is 4.48. The Morgan fingerprint density at radius 3 is 2.46 bits per heavy atom. The Hall–Kier alpha value is -3.02.